The Hall–Kier alpha value is -4.91. The summed E-state index contributed by atoms with van der Waals surface area (Å²) >= 11 is 0. The van der Waals surface area contributed by atoms with Gasteiger partial charge in [-0.1, -0.05) is 13.0 Å². The summed E-state index contributed by atoms with van der Waals surface area (Å²) in [6.45, 7) is 10.8. The lowest BCUT2D eigenvalue weighted by Gasteiger charge is -2.48. The number of carbonyl (C=O) groups is 1. The van der Waals surface area contributed by atoms with Crippen molar-refractivity contribution in [2.75, 3.05) is 76.0 Å². The summed E-state index contributed by atoms with van der Waals surface area (Å²) in [7, 11) is 5.65. The van der Waals surface area contributed by atoms with Crippen molar-refractivity contribution in [3.05, 3.63) is 64.6 Å². The predicted molar refractivity (Wildman–Crippen MR) is 211 cm³/mol. The molecule has 1 aromatic carbocycles. The maximum atomic E-state index is 13.4. The number of aryl methyl sites for hydroxylation is 1. The molecule has 4 aromatic rings. The van der Waals surface area contributed by atoms with Gasteiger partial charge in [-0.15, -0.1) is 0 Å². The van der Waals surface area contributed by atoms with Crippen LogP contribution in [0.15, 0.2) is 53.5 Å². The van der Waals surface area contributed by atoms with Crippen LogP contribution in [-0.2, 0) is 0 Å². The maximum absolute atomic E-state index is 13.4. The third-order valence-electron chi connectivity index (χ3n) is 11.2. The van der Waals surface area contributed by atoms with Crippen LogP contribution in [0, 0.1) is 24.7 Å². The predicted octanol–water partition coefficient (Wildman–Crippen LogP) is 5.65. The molecule has 3 aromatic heterocycles. The van der Waals surface area contributed by atoms with Crippen LogP contribution in [0.1, 0.15) is 51.5 Å². The second-order valence-corrected chi connectivity index (χ2v) is 16.0. The van der Waals surface area contributed by atoms with Crippen LogP contribution in [-0.4, -0.2) is 101 Å². The van der Waals surface area contributed by atoms with Crippen molar-refractivity contribution in [2.24, 2.45) is 17.8 Å². The number of methoxy groups -OCH3 is 1. The summed E-state index contributed by atoms with van der Waals surface area (Å²) in [6, 6.07) is 13.3. The molecule has 13 heteroatoms. The number of carbonyl (C=O) groups excluding carboxylic acids is 1. The number of benzene rings is 1. The first-order chi connectivity index (χ1) is 25.5. The standard InChI is InChI=1S/C40H54N10O3/c1-26-18-28-21-29(19-26)24-40(3,23-28)46-39(52)49-16-14-48(15-17-49)34-11-10-33(37(44-34)53-6)43-38-42-25-32-27(2)20-35(51)50(36(32)45-38)31-9-7-8-30(22-31)41-12-13-47(4)5/h7-11,20,22,25-26,28-29,41H,12-19,21,23-24H2,1-6H3,(H,46,52)(H,42,43,45). The fourth-order valence-corrected chi connectivity index (χ4v) is 8.89. The number of pyridine rings is 2. The normalized spacial score (nSPS) is 22.9. The smallest absolute Gasteiger partial charge is 0.317 e. The van der Waals surface area contributed by atoms with Crippen molar-refractivity contribution >= 4 is 40.2 Å². The molecule has 1 aliphatic heterocycles. The van der Waals surface area contributed by atoms with Gasteiger partial charge in [0.2, 0.25) is 11.8 Å². The Bertz CT molecular complexity index is 1990. The Labute approximate surface area is 312 Å². The summed E-state index contributed by atoms with van der Waals surface area (Å²) in [5.41, 5.74) is 3.23. The van der Waals surface area contributed by atoms with Crippen molar-refractivity contribution < 1.29 is 9.53 Å². The molecule has 2 bridgehead atoms. The minimum absolute atomic E-state index is 0.0469. The van der Waals surface area contributed by atoms with Crippen molar-refractivity contribution in [2.45, 2.75) is 58.4 Å². The van der Waals surface area contributed by atoms with E-state index in [2.05, 4.69) is 44.6 Å². The van der Waals surface area contributed by atoms with Gasteiger partial charge in [0, 0.05) is 68.1 Å². The van der Waals surface area contributed by atoms with Crippen LogP contribution >= 0.6 is 0 Å². The highest BCUT2D eigenvalue weighted by molar-refractivity contribution is 5.81. The molecule has 1 saturated heterocycles. The summed E-state index contributed by atoms with van der Waals surface area (Å²) in [6.07, 6.45) is 7.79. The van der Waals surface area contributed by atoms with E-state index < -0.39 is 0 Å². The molecular formula is C40H54N10O3. The van der Waals surface area contributed by atoms with Crippen LogP contribution in [0.2, 0.25) is 0 Å². The number of likely N-dealkylation sites (N-methyl/N-ethyl adjacent to an activating group) is 1. The minimum atomic E-state index is -0.175. The molecule has 13 nitrogen and oxygen atoms in total. The number of hydrogen-bond donors (Lipinski definition) is 3. The molecule has 3 aliphatic rings. The number of nitrogens with zero attached hydrogens (tertiary/aromatic N) is 7. The first-order valence-corrected chi connectivity index (χ1v) is 19.0. The number of ether oxygens (including phenoxy) is 1. The largest absolute Gasteiger partial charge is 0.479 e. The summed E-state index contributed by atoms with van der Waals surface area (Å²) in [5, 5.41) is 10.9. The van der Waals surface area contributed by atoms with Gasteiger partial charge in [-0.05, 0) is 114 Å². The van der Waals surface area contributed by atoms with Crippen molar-refractivity contribution in [1.82, 2.24) is 34.6 Å². The highest BCUT2D eigenvalue weighted by Gasteiger charge is 2.42. The van der Waals surface area contributed by atoms with Crippen molar-refractivity contribution in [3.63, 3.8) is 0 Å². The number of rotatable bonds is 10. The van der Waals surface area contributed by atoms with Crippen molar-refractivity contribution in [1.29, 1.82) is 0 Å². The second kappa shape index (κ2) is 15.2. The molecule has 2 unspecified atom stereocenters. The van der Waals surface area contributed by atoms with E-state index in [1.807, 2.05) is 62.3 Å². The quantitative estimate of drug-likeness (QED) is 0.189. The van der Waals surface area contributed by atoms with E-state index in [1.165, 1.54) is 19.3 Å². The number of fused-ring (bicyclic) bond motifs is 3. The van der Waals surface area contributed by atoms with E-state index in [0.717, 1.165) is 66.1 Å². The Morgan fingerprint density at radius 2 is 1.77 bits per heavy atom. The Kier molecular flexibility index (Phi) is 10.5. The molecule has 2 amide bonds. The number of nitrogens with one attached hydrogen (secondary N) is 3. The van der Waals surface area contributed by atoms with E-state index in [1.54, 1.807) is 23.9 Å². The summed E-state index contributed by atoms with van der Waals surface area (Å²) < 4.78 is 7.34. The zero-order chi connectivity index (χ0) is 37.3. The van der Waals surface area contributed by atoms with E-state index in [0.29, 0.717) is 55.0 Å². The molecule has 2 atom stereocenters. The number of urea groups is 1. The van der Waals surface area contributed by atoms with Gasteiger partial charge >= 0.3 is 6.03 Å². The lowest BCUT2D eigenvalue weighted by Crippen LogP contribution is -2.59. The minimum Gasteiger partial charge on any atom is -0.479 e. The van der Waals surface area contributed by atoms with E-state index >= 15 is 0 Å². The number of anilines is 4. The Balaban J connectivity index is 1.03. The van der Waals surface area contributed by atoms with Gasteiger partial charge in [-0.3, -0.25) is 9.36 Å². The SMILES string of the molecule is COc1nc(N2CCN(C(=O)NC3(C)CC4CC(C)CC(C4)C3)CC2)ccc1Nc1ncc2c(C)cc(=O)n(-c3cccc(NCCN(C)C)c3)c2n1. The van der Waals surface area contributed by atoms with Crippen LogP contribution in [0.5, 0.6) is 5.88 Å². The van der Waals surface area contributed by atoms with Crippen LogP contribution < -0.4 is 31.1 Å². The van der Waals surface area contributed by atoms with Gasteiger partial charge in [0.25, 0.3) is 5.56 Å². The summed E-state index contributed by atoms with van der Waals surface area (Å²) in [4.78, 5) is 47.4. The molecule has 0 spiro atoms. The number of hydrogen-bond acceptors (Lipinski definition) is 10. The monoisotopic (exact) mass is 722 g/mol. The first kappa shape index (κ1) is 36.4. The molecule has 3 N–H and O–H groups in total. The average molecular weight is 723 g/mol. The molecule has 0 radical (unpaired) electrons. The van der Waals surface area contributed by atoms with Gasteiger partial charge in [-0.2, -0.15) is 9.97 Å². The van der Waals surface area contributed by atoms with E-state index in [4.69, 9.17) is 14.7 Å². The lowest BCUT2D eigenvalue weighted by atomic mass is 9.63. The first-order valence-electron chi connectivity index (χ1n) is 19.0. The molecule has 2 saturated carbocycles. The molecule has 282 valence electrons. The molecule has 4 heterocycles. The third-order valence-corrected chi connectivity index (χ3v) is 11.2. The zero-order valence-corrected chi connectivity index (χ0v) is 32.0. The van der Waals surface area contributed by atoms with Crippen LogP contribution in [0.3, 0.4) is 0 Å². The summed E-state index contributed by atoms with van der Waals surface area (Å²) in [5.74, 6) is 3.73. The molecule has 3 fully saturated rings. The van der Waals surface area contributed by atoms with Gasteiger partial charge < -0.3 is 35.4 Å². The van der Waals surface area contributed by atoms with Crippen LogP contribution in [0.25, 0.3) is 16.7 Å². The van der Waals surface area contributed by atoms with Crippen molar-refractivity contribution in [3.8, 4) is 11.6 Å². The van der Waals surface area contributed by atoms with Gasteiger partial charge in [0.1, 0.15) is 11.5 Å². The fourth-order valence-electron chi connectivity index (χ4n) is 8.89. The van der Waals surface area contributed by atoms with Gasteiger partial charge in [-0.25, -0.2) is 9.78 Å². The van der Waals surface area contributed by atoms with Gasteiger partial charge in [0.05, 0.1) is 12.8 Å². The third kappa shape index (κ3) is 8.19. The fraction of sp³-hybridized carbons (Fsp3) is 0.525. The van der Waals surface area contributed by atoms with Crippen LogP contribution in [0.4, 0.5) is 27.9 Å². The van der Waals surface area contributed by atoms with E-state index in [-0.39, 0.29) is 17.1 Å². The Morgan fingerprint density at radius 3 is 2.49 bits per heavy atom. The molecular weight excluding hydrogens is 669 g/mol. The number of amides is 2. The molecule has 53 heavy (non-hydrogen) atoms. The maximum Gasteiger partial charge on any atom is 0.317 e. The highest BCUT2D eigenvalue weighted by atomic mass is 16.5. The van der Waals surface area contributed by atoms with E-state index in [9.17, 15) is 9.59 Å². The average Bonchev–Trinajstić information content (AvgIpc) is 3.11. The molecule has 7 rings (SSSR count). The molecule has 2 aliphatic carbocycles. The topological polar surface area (TPSA) is 133 Å². The number of aromatic nitrogens is 4. The Morgan fingerprint density at radius 1 is 1.02 bits per heavy atom. The highest BCUT2D eigenvalue weighted by Crippen LogP contribution is 2.46. The zero-order valence-electron chi connectivity index (χ0n) is 32.0. The van der Waals surface area contributed by atoms with Gasteiger partial charge in [0.15, 0.2) is 5.65 Å². The second-order valence-electron chi connectivity index (χ2n) is 16.0. The lowest BCUT2D eigenvalue weighted by molar-refractivity contribution is 0.0738. The number of piperazine rings is 1.